The zero-order chi connectivity index (χ0) is 19.6. The molecule has 29 heavy (non-hydrogen) atoms. The maximum Gasteiger partial charge on any atom is 0.191 e. The van der Waals surface area contributed by atoms with Gasteiger partial charge in [0, 0.05) is 38.8 Å². The minimum absolute atomic E-state index is 0. The van der Waals surface area contributed by atoms with Crippen LogP contribution in [0.2, 0.25) is 0 Å². The lowest BCUT2D eigenvalue weighted by molar-refractivity contribution is 0.198. The first-order chi connectivity index (χ1) is 13.7. The summed E-state index contributed by atoms with van der Waals surface area (Å²) in [5, 5.41) is 16.5. The lowest BCUT2D eigenvalue weighted by atomic mass is 10.0. The van der Waals surface area contributed by atoms with E-state index < -0.39 is 0 Å². The molecule has 3 rings (SSSR count). The van der Waals surface area contributed by atoms with E-state index in [9.17, 15) is 5.11 Å². The molecule has 0 radical (unpaired) electrons. The van der Waals surface area contributed by atoms with Gasteiger partial charge in [-0.1, -0.05) is 42.5 Å². The largest absolute Gasteiger partial charge is 0.508 e. The van der Waals surface area contributed by atoms with Gasteiger partial charge >= 0.3 is 0 Å². The minimum atomic E-state index is 0. The molecule has 2 aromatic carbocycles. The third-order valence-corrected chi connectivity index (χ3v) is 5.10. The van der Waals surface area contributed by atoms with Gasteiger partial charge in [0.25, 0.3) is 0 Å². The fourth-order valence-corrected chi connectivity index (χ4v) is 3.60. The van der Waals surface area contributed by atoms with Crippen molar-refractivity contribution in [1.29, 1.82) is 0 Å². The molecule has 1 fully saturated rings. The van der Waals surface area contributed by atoms with Gasteiger partial charge in [-0.2, -0.15) is 0 Å². The number of halogens is 1. The molecule has 0 aromatic heterocycles. The lowest BCUT2D eigenvalue weighted by Gasteiger charge is -2.33. The highest BCUT2D eigenvalue weighted by atomic mass is 127. The Kier molecular flexibility index (Phi) is 10.3. The van der Waals surface area contributed by atoms with Crippen LogP contribution < -0.4 is 10.6 Å². The van der Waals surface area contributed by atoms with Gasteiger partial charge in [0.05, 0.1) is 0 Å². The van der Waals surface area contributed by atoms with Gasteiger partial charge in [-0.3, -0.25) is 9.89 Å². The molecule has 0 amide bonds. The number of piperidine rings is 1. The zero-order valence-electron chi connectivity index (χ0n) is 17.2. The van der Waals surface area contributed by atoms with E-state index >= 15 is 0 Å². The molecule has 0 unspecified atom stereocenters. The molecule has 1 saturated heterocycles. The van der Waals surface area contributed by atoms with Gasteiger partial charge in [-0.05, 0) is 49.4 Å². The average Bonchev–Trinajstić information content (AvgIpc) is 2.70. The van der Waals surface area contributed by atoms with Crippen LogP contribution in [0.1, 0.15) is 30.9 Å². The quantitative estimate of drug-likeness (QED) is 0.303. The van der Waals surface area contributed by atoms with Gasteiger partial charge in [-0.25, -0.2) is 0 Å². The summed E-state index contributed by atoms with van der Waals surface area (Å²) in [7, 11) is 0. The Balaban J connectivity index is 0.00000300. The number of aliphatic imine (C=N–C) groups is 1. The molecule has 1 aliphatic heterocycles. The molecule has 1 heterocycles. The van der Waals surface area contributed by atoms with Gasteiger partial charge < -0.3 is 15.7 Å². The van der Waals surface area contributed by atoms with Crippen molar-refractivity contribution in [3.8, 4) is 5.75 Å². The third kappa shape index (κ3) is 8.22. The Bertz CT molecular complexity index is 746. The monoisotopic (exact) mass is 508 g/mol. The van der Waals surface area contributed by atoms with Crippen LogP contribution in [0.15, 0.2) is 59.6 Å². The van der Waals surface area contributed by atoms with E-state index in [1.54, 1.807) is 12.1 Å². The van der Waals surface area contributed by atoms with Crippen LogP contribution in [0.3, 0.4) is 0 Å². The van der Waals surface area contributed by atoms with E-state index in [2.05, 4.69) is 52.8 Å². The first-order valence-corrected chi connectivity index (χ1v) is 10.3. The first kappa shape index (κ1) is 23.5. The van der Waals surface area contributed by atoms with E-state index in [1.165, 1.54) is 5.56 Å². The normalized spacial score (nSPS) is 15.6. The second-order valence-corrected chi connectivity index (χ2v) is 7.36. The van der Waals surface area contributed by atoms with Crippen LogP contribution in [-0.2, 0) is 13.0 Å². The second-order valence-electron chi connectivity index (χ2n) is 7.36. The highest BCUT2D eigenvalue weighted by Crippen LogP contribution is 2.14. The van der Waals surface area contributed by atoms with Crippen molar-refractivity contribution < 1.29 is 5.11 Å². The molecule has 2 aromatic rings. The Morgan fingerprint density at radius 2 is 1.79 bits per heavy atom. The molecule has 3 N–H and O–H groups in total. The second kappa shape index (κ2) is 12.7. The maximum atomic E-state index is 9.57. The van der Waals surface area contributed by atoms with E-state index in [-0.39, 0.29) is 24.0 Å². The number of rotatable bonds is 7. The molecule has 6 heteroatoms. The first-order valence-electron chi connectivity index (χ1n) is 10.3. The van der Waals surface area contributed by atoms with E-state index in [0.717, 1.165) is 57.0 Å². The van der Waals surface area contributed by atoms with Crippen molar-refractivity contribution in [3.05, 3.63) is 65.7 Å². The number of phenols is 1. The fraction of sp³-hybridized carbons (Fsp3) is 0.435. The zero-order valence-corrected chi connectivity index (χ0v) is 19.5. The van der Waals surface area contributed by atoms with Gasteiger partial charge in [-0.15, -0.1) is 24.0 Å². The SMILES string of the molecule is CCNC(=NCCc1cccc(O)c1)NC1CCN(Cc2ccccc2)CC1.I. The van der Waals surface area contributed by atoms with E-state index in [1.807, 2.05) is 12.1 Å². The van der Waals surface area contributed by atoms with Crippen molar-refractivity contribution in [2.75, 3.05) is 26.2 Å². The van der Waals surface area contributed by atoms with Crippen LogP contribution in [0.4, 0.5) is 0 Å². The van der Waals surface area contributed by atoms with Gasteiger partial charge in [0.15, 0.2) is 5.96 Å². The molecule has 158 valence electrons. The highest BCUT2D eigenvalue weighted by molar-refractivity contribution is 14.0. The van der Waals surface area contributed by atoms with Crippen LogP contribution in [-0.4, -0.2) is 48.2 Å². The Labute approximate surface area is 191 Å². The van der Waals surface area contributed by atoms with Crippen LogP contribution in [0.25, 0.3) is 0 Å². The number of hydrogen-bond donors (Lipinski definition) is 3. The van der Waals surface area contributed by atoms with Crippen LogP contribution in [0, 0.1) is 0 Å². The fourth-order valence-electron chi connectivity index (χ4n) is 3.60. The van der Waals surface area contributed by atoms with Crippen molar-refractivity contribution in [3.63, 3.8) is 0 Å². The lowest BCUT2D eigenvalue weighted by Crippen LogP contribution is -2.48. The number of aromatic hydroxyl groups is 1. The smallest absolute Gasteiger partial charge is 0.191 e. The topological polar surface area (TPSA) is 59.9 Å². The highest BCUT2D eigenvalue weighted by Gasteiger charge is 2.19. The summed E-state index contributed by atoms with van der Waals surface area (Å²) in [6, 6.07) is 18.6. The summed E-state index contributed by atoms with van der Waals surface area (Å²) in [6.07, 6.45) is 3.08. The molecule has 5 nitrogen and oxygen atoms in total. The third-order valence-electron chi connectivity index (χ3n) is 5.10. The summed E-state index contributed by atoms with van der Waals surface area (Å²) in [6.45, 7) is 6.89. The molecule has 0 saturated carbocycles. The van der Waals surface area contributed by atoms with Crippen LogP contribution >= 0.6 is 24.0 Å². The summed E-state index contributed by atoms with van der Waals surface area (Å²) in [4.78, 5) is 7.25. The minimum Gasteiger partial charge on any atom is -0.508 e. The average molecular weight is 508 g/mol. The van der Waals surface area contributed by atoms with Crippen molar-refractivity contribution in [1.82, 2.24) is 15.5 Å². The molecular formula is C23H33IN4O. The molecule has 0 bridgehead atoms. The number of nitrogens with one attached hydrogen (secondary N) is 2. The van der Waals surface area contributed by atoms with Crippen molar-refractivity contribution >= 4 is 29.9 Å². The summed E-state index contributed by atoms with van der Waals surface area (Å²) < 4.78 is 0. The number of likely N-dealkylation sites (tertiary alicyclic amines) is 1. The molecule has 0 atom stereocenters. The van der Waals surface area contributed by atoms with Gasteiger partial charge in [0.2, 0.25) is 0 Å². The van der Waals surface area contributed by atoms with E-state index in [0.29, 0.717) is 18.3 Å². The van der Waals surface area contributed by atoms with E-state index in [4.69, 9.17) is 4.99 Å². The Morgan fingerprint density at radius 1 is 1.07 bits per heavy atom. The maximum absolute atomic E-state index is 9.57. The number of benzene rings is 2. The number of nitrogens with zero attached hydrogens (tertiary/aromatic N) is 2. The number of guanidine groups is 1. The standard InChI is InChI=1S/C23H32N4O.HI/c1-2-24-23(25-14-11-19-9-6-10-22(28)17-19)26-21-12-15-27(16-13-21)18-20-7-4-3-5-8-20;/h3-10,17,21,28H,2,11-16,18H2,1H3,(H2,24,25,26);1H. The Hall–Kier alpha value is -1.80. The van der Waals surface area contributed by atoms with Crippen molar-refractivity contribution in [2.45, 2.75) is 38.8 Å². The Morgan fingerprint density at radius 3 is 2.48 bits per heavy atom. The predicted molar refractivity (Wildman–Crippen MR) is 131 cm³/mol. The van der Waals surface area contributed by atoms with Crippen LogP contribution in [0.5, 0.6) is 5.75 Å². The molecular weight excluding hydrogens is 475 g/mol. The molecule has 1 aliphatic rings. The summed E-state index contributed by atoms with van der Waals surface area (Å²) >= 11 is 0. The number of phenolic OH excluding ortho intramolecular Hbond substituents is 1. The molecule has 0 spiro atoms. The summed E-state index contributed by atoms with van der Waals surface area (Å²) in [5.41, 5.74) is 2.49. The van der Waals surface area contributed by atoms with Gasteiger partial charge in [0.1, 0.15) is 5.75 Å². The summed E-state index contributed by atoms with van der Waals surface area (Å²) in [5.74, 6) is 1.21. The number of hydrogen-bond acceptors (Lipinski definition) is 3. The predicted octanol–water partition coefficient (Wildman–Crippen LogP) is 3.77. The van der Waals surface area contributed by atoms with Crippen molar-refractivity contribution in [2.24, 2.45) is 4.99 Å². The molecule has 0 aliphatic carbocycles.